The molecule has 28 heavy (non-hydrogen) atoms. The topological polar surface area (TPSA) is 49.4 Å². The van der Waals surface area contributed by atoms with Crippen LogP contribution in [0.3, 0.4) is 0 Å². The normalized spacial score (nSPS) is 16.5. The smallest absolute Gasteiger partial charge is 0.298 e. The van der Waals surface area contributed by atoms with Crippen molar-refractivity contribution in [3.8, 4) is 0 Å². The summed E-state index contributed by atoms with van der Waals surface area (Å²) in [6.45, 7) is 0. The lowest BCUT2D eigenvalue weighted by Gasteiger charge is -2.29. The van der Waals surface area contributed by atoms with E-state index >= 15 is 0 Å². The fourth-order valence-corrected chi connectivity index (χ4v) is 3.05. The summed E-state index contributed by atoms with van der Waals surface area (Å²) in [5, 5.41) is 2.55. The predicted molar refractivity (Wildman–Crippen MR) is 104 cm³/mol. The summed E-state index contributed by atoms with van der Waals surface area (Å²) in [7, 11) is 0. The number of carbonyl (C=O) groups excluding carboxylic acids is 2. The van der Waals surface area contributed by atoms with Crippen molar-refractivity contribution in [2.75, 3.05) is 4.90 Å². The van der Waals surface area contributed by atoms with Gasteiger partial charge in [0.2, 0.25) is 0 Å². The van der Waals surface area contributed by atoms with E-state index in [0.29, 0.717) is 10.7 Å². The van der Waals surface area contributed by atoms with Crippen LogP contribution >= 0.6 is 35.4 Å². The van der Waals surface area contributed by atoms with Gasteiger partial charge >= 0.3 is 6.18 Å². The monoisotopic (exact) mass is 444 g/mol. The summed E-state index contributed by atoms with van der Waals surface area (Å²) in [5.41, 5.74) is -1.17. The fourth-order valence-electron chi connectivity index (χ4n) is 2.47. The van der Waals surface area contributed by atoms with Gasteiger partial charge in [-0.2, -0.15) is 13.2 Å². The van der Waals surface area contributed by atoms with E-state index in [1.165, 1.54) is 24.3 Å². The number of alkyl halides is 3. The standard InChI is InChI=1S/C18H9Cl2F3N2O2S/c19-11-2-4-12(5-3-11)25-16(27)13(15(26)24-17(25)28)8-9-7-10(18(21,22)23)1-6-14(9)20/h1-8H,(H,24,26,28)/b13-8+. The second-order valence-electron chi connectivity index (χ2n) is 5.67. The first-order valence-corrected chi connectivity index (χ1v) is 8.78. The number of anilines is 1. The highest BCUT2D eigenvalue weighted by molar-refractivity contribution is 7.80. The van der Waals surface area contributed by atoms with Crippen molar-refractivity contribution in [1.82, 2.24) is 5.32 Å². The van der Waals surface area contributed by atoms with Crippen molar-refractivity contribution >= 4 is 64.1 Å². The van der Waals surface area contributed by atoms with Crippen LogP contribution in [-0.4, -0.2) is 16.9 Å². The van der Waals surface area contributed by atoms with E-state index in [1.54, 1.807) is 0 Å². The summed E-state index contributed by atoms with van der Waals surface area (Å²) < 4.78 is 38.9. The average molecular weight is 445 g/mol. The zero-order valence-corrected chi connectivity index (χ0v) is 16.0. The minimum atomic E-state index is -4.60. The zero-order valence-electron chi connectivity index (χ0n) is 13.7. The number of nitrogens with one attached hydrogen (secondary N) is 1. The summed E-state index contributed by atoms with van der Waals surface area (Å²) in [4.78, 5) is 26.1. The third-order valence-electron chi connectivity index (χ3n) is 3.81. The van der Waals surface area contributed by atoms with E-state index in [-0.39, 0.29) is 15.7 Å². The minimum Gasteiger partial charge on any atom is -0.298 e. The molecule has 0 unspecified atom stereocenters. The molecule has 1 aliphatic heterocycles. The number of thiocarbonyl (C=S) groups is 1. The van der Waals surface area contributed by atoms with Crippen LogP contribution in [0, 0.1) is 0 Å². The number of nitrogens with zero attached hydrogens (tertiary/aromatic N) is 1. The first kappa shape index (κ1) is 20.3. The number of carbonyl (C=O) groups is 2. The van der Waals surface area contributed by atoms with Gasteiger partial charge in [-0.15, -0.1) is 0 Å². The molecular weight excluding hydrogens is 436 g/mol. The molecule has 0 aliphatic carbocycles. The van der Waals surface area contributed by atoms with Crippen molar-refractivity contribution in [2.24, 2.45) is 0 Å². The van der Waals surface area contributed by atoms with Crippen LogP contribution in [0.5, 0.6) is 0 Å². The van der Waals surface area contributed by atoms with Crippen molar-refractivity contribution in [3.63, 3.8) is 0 Å². The van der Waals surface area contributed by atoms with Crippen LogP contribution in [0.25, 0.3) is 6.08 Å². The maximum absolute atomic E-state index is 13.0. The average Bonchev–Trinajstić information content (AvgIpc) is 2.60. The summed E-state index contributed by atoms with van der Waals surface area (Å²) in [6.07, 6.45) is -3.60. The molecule has 2 aromatic carbocycles. The van der Waals surface area contributed by atoms with Gasteiger partial charge in [0, 0.05) is 10.0 Å². The van der Waals surface area contributed by atoms with Gasteiger partial charge in [-0.05, 0) is 66.3 Å². The molecule has 1 fully saturated rings. The third kappa shape index (κ3) is 4.04. The molecule has 1 heterocycles. The Labute approximate surface area is 172 Å². The van der Waals surface area contributed by atoms with Gasteiger partial charge in [-0.3, -0.25) is 19.8 Å². The highest BCUT2D eigenvalue weighted by atomic mass is 35.5. The van der Waals surface area contributed by atoms with E-state index in [9.17, 15) is 22.8 Å². The van der Waals surface area contributed by atoms with Crippen LogP contribution in [0.1, 0.15) is 11.1 Å². The largest absolute Gasteiger partial charge is 0.416 e. The lowest BCUT2D eigenvalue weighted by atomic mass is 10.0. The SMILES string of the molecule is O=C1NC(=S)N(c2ccc(Cl)cc2)C(=O)/C1=C/c1cc(C(F)(F)F)ccc1Cl. The van der Waals surface area contributed by atoms with Crippen molar-refractivity contribution in [2.45, 2.75) is 6.18 Å². The van der Waals surface area contributed by atoms with Crippen LogP contribution < -0.4 is 10.2 Å². The number of hydrogen-bond donors (Lipinski definition) is 1. The van der Waals surface area contributed by atoms with Crippen LogP contribution in [0.15, 0.2) is 48.0 Å². The van der Waals surface area contributed by atoms with Crippen LogP contribution in [0.4, 0.5) is 18.9 Å². The molecular formula is C18H9Cl2F3N2O2S. The Bertz CT molecular complexity index is 1020. The van der Waals surface area contributed by atoms with Gasteiger partial charge < -0.3 is 0 Å². The molecule has 1 saturated heterocycles. The van der Waals surface area contributed by atoms with Gasteiger partial charge in [-0.1, -0.05) is 23.2 Å². The zero-order chi connectivity index (χ0) is 20.6. The maximum atomic E-state index is 13.0. The van der Waals surface area contributed by atoms with Crippen molar-refractivity contribution in [1.29, 1.82) is 0 Å². The summed E-state index contributed by atoms with van der Waals surface area (Å²) in [6, 6.07) is 8.69. The Morgan fingerprint density at radius 1 is 1.04 bits per heavy atom. The number of halogens is 5. The third-order valence-corrected chi connectivity index (χ3v) is 4.69. The number of rotatable bonds is 2. The molecule has 0 saturated carbocycles. The maximum Gasteiger partial charge on any atom is 0.416 e. The molecule has 2 amide bonds. The first-order valence-electron chi connectivity index (χ1n) is 7.61. The van der Waals surface area contributed by atoms with E-state index in [0.717, 1.165) is 29.2 Å². The summed E-state index contributed by atoms with van der Waals surface area (Å²) >= 11 is 16.8. The number of hydrogen-bond acceptors (Lipinski definition) is 3. The Morgan fingerprint density at radius 2 is 1.68 bits per heavy atom. The van der Waals surface area contributed by atoms with E-state index in [4.69, 9.17) is 35.4 Å². The molecule has 4 nitrogen and oxygen atoms in total. The molecule has 3 rings (SSSR count). The first-order chi connectivity index (χ1) is 13.1. The molecule has 1 N–H and O–H groups in total. The highest BCUT2D eigenvalue weighted by Crippen LogP contribution is 2.33. The molecule has 0 bridgehead atoms. The molecule has 2 aromatic rings. The Kier molecular flexibility index (Phi) is 5.47. The second kappa shape index (κ2) is 7.54. The number of benzene rings is 2. The molecule has 1 aliphatic rings. The molecule has 144 valence electrons. The quantitative estimate of drug-likeness (QED) is 0.409. The fraction of sp³-hybridized carbons (Fsp3) is 0.0556. The highest BCUT2D eigenvalue weighted by Gasteiger charge is 2.35. The lowest BCUT2D eigenvalue weighted by Crippen LogP contribution is -2.54. The Morgan fingerprint density at radius 3 is 2.29 bits per heavy atom. The van der Waals surface area contributed by atoms with E-state index in [2.05, 4.69) is 5.32 Å². The predicted octanol–water partition coefficient (Wildman–Crippen LogP) is 4.84. The second-order valence-corrected chi connectivity index (χ2v) is 6.90. The minimum absolute atomic E-state index is 0.0488. The van der Waals surface area contributed by atoms with Gasteiger partial charge in [0.25, 0.3) is 11.8 Å². The summed E-state index contributed by atoms with van der Waals surface area (Å²) in [5.74, 6) is -1.64. The molecule has 0 spiro atoms. The lowest BCUT2D eigenvalue weighted by molar-refractivity contribution is -0.137. The van der Waals surface area contributed by atoms with Gasteiger partial charge in [-0.25, -0.2) is 0 Å². The Hall–Kier alpha value is -2.42. The van der Waals surface area contributed by atoms with Gasteiger partial charge in [0.05, 0.1) is 11.3 Å². The number of amides is 2. The van der Waals surface area contributed by atoms with Crippen molar-refractivity contribution < 1.29 is 22.8 Å². The molecule has 0 radical (unpaired) electrons. The van der Waals surface area contributed by atoms with Crippen molar-refractivity contribution in [3.05, 3.63) is 69.2 Å². The van der Waals surface area contributed by atoms with E-state index < -0.39 is 29.1 Å². The Balaban J connectivity index is 2.06. The molecule has 10 heteroatoms. The van der Waals surface area contributed by atoms with Gasteiger partial charge in [0.15, 0.2) is 5.11 Å². The van der Waals surface area contributed by atoms with Crippen LogP contribution in [0.2, 0.25) is 10.0 Å². The molecule has 0 atom stereocenters. The van der Waals surface area contributed by atoms with Crippen LogP contribution in [-0.2, 0) is 15.8 Å². The van der Waals surface area contributed by atoms with E-state index in [1.807, 2.05) is 0 Å². The molecule has 0 aromatic heterocycles. The van der Waals surface area contributed by atoms with Gasteiger partial charge in [0.1, 0.15) is 5.57 Å².